The fraction of sp³-hybridized carbons (Fsp3) is 0.167. The van der Waals surface area contributed by atoms with E-state index in [-0.39, 0.29) is 12.5 Å². The summed E-state index contributed by atoms with van der Waals surface area (Å²) in [6.45, 7) is 0.143. The molecule has 3 aromatic rings. The number of para-hydroxylation sites is 2. The maximum absolute atomic E-state index is 12.0. The van der Waals surface area contributed by atoms with Crippen molar-refractivity contribution >= 4 is 23.2 Å². The normalized spacial score (nSPS) is 11.0. The van der Waals surface area contributed by atoms with Crippen LogP contribution in [-0.2, 0) is 11.3 Å². The Morgan fingerprint density at radius 1 is 1.20 bits per heavy atom. The van der Waals surface area contributed by atoms with Gasteiger partial charge in [-0.3, -0.25) is 4.79 Å². The predicted octanol–water partition coefficient (Wildman–Crippen LogP) is 2.20. The molecule has 128 valence electrons. The average molecular weight is 338 g/mol. The molecule has 0 spiro atoms. The minimum absolute atomic E-state index is 0.143. The summed E-state index contributed by atoms with van der Waals surface area (Å²) in [7, 11) is 3.14. The first kappa shape index (κ1) is 16.5. The summed E-state index contributed by atoms with van der Waals surface area (Å²) < 4.78 is 12.2. The fourth-order valence-corrected chi connectivity index (χ4v) is 2.44. The summed E-state index contributed by atoms with van der Waals surface area (Å²) in [6, 6.07) is 13.0. The molecule has 1 amide bonds. The molecule has 1 heterocycles. The van der Waals surface area contributed by atoms with Gasteiger partial charge in [0, 0.05) is 0 Å². The number of amides is 1. The smallest absolute Gasteiger partial charge is 0.260 e. The second-order valence-corrected chi connectivity index (χ2v) is 5.27. The Kier molecular flexibility index (Phi) is 4.94. The molecule has 0 atom stereocenters. The van der Waals surface area contributed by atoms with Crippen LogP contribution in [-0.4, -0.2) is 35.9 Å². The Balaban J connectivity index is 1.63. The number of ether oxygens (including phenoxy) is 2. The van der Waals surface area contributed by atoms with Gasteiger partial charge in [0.1, 0.15) is 6.54 Å². The second-order valence-electron chi connectivity index (χ2n) is 5.27. The van der Waals surface area contributed by atoms with Gasteiger partial charge in [0.25, 0.3) is 5.91 Å². The number of fused-ring (bicyclic) bond motifs is 1. The summed E-state index contributed by atoms with van der Waals surface area (Å²) in [5, 5.41) is 3.98. The molecule has 0 saturated carbocycles. The molecule has 25 heavy (non-hydrogen) atoms. The number of hydrazone groups is 1. The van der Waals surface area contributed by atoms with Crippen LogP contribution < -0.4 is 14.9 Å². The van der Waals surface area contributed by atoms with Gasteiger partial charge in [0.05, 0.1) is 37.8 Å². The molecular weight excluding hydrogens is 320 g/mol. The molecule has 0 saturated heterocycles. The fourth-order valence-electron chi connectivity index (χ4n) is 2.44. The molecule has 0 aliphatic heterocycles. The third-order valence-electron chi connectivity index (χ3n) is 3.65. The van der Waals surface area contributed by atoms with Crippen molar-refractivity contribution in [3.05, 3.63) is 54.4 Å². The van der Waals surface area contributed by atoms with E-state index in [1.165, 1.54) is 0 Å². The zero-order valence-electron chi connectivity index (χ0n) is 14.0. The highest BCUT2D eigenvalue weighted by Gasteiger charge is 2.06. The van der Waals surface area contributed by atoms with Gasteiger partial charge >= 0.3 is 0 Å². The maximum Gasteiger partial charge on any atom is 0.260 e. The second kappa shape index (κ2) is 7.48. The number of aromatic nitrogens is 2. The molecule has 2 aromatic carbocycles. The summed E-state index contributed by atoms with van der Waals surface area (Å²) >= 11 is 0. The van der Waals surface area contributed by atoms with Gasteiger partial charge in [-0.1, -0.05) is 12.1 Å². The van der Waals surface area contributed by atoms with Gasteiger partial charge in [-0.15, -0.1) is 0 Å². The van der Waals surface area contributed by atoms with E-state index in [4.69, 9.17) is 9.47 Å². The summed E-state index contributed by atoms with van der Waals surface area (Å²) in [6.07, 6.45) is 3.19. The lowest BCUT2D eigenvalue weighted by atomic mass is 10.2. The molecule has 0 unspecified atom stereocenters. The van der Waals surface area contributed by atoms with E-state index >= 15 is 0 Å². The van der Waals surface area contributed by atoms with E-state index in [2.05, 4.69) is 15.5 Å². The predicted molar refractivity (Wildman–Crippen MR) is 95.0 cm³/mol. The van der Waals surface area contributed by atoms with Crippen LogP contribution in [0.5, 0.6) is 11.5 Å². The number of nitrogens with one attached hydrogen (secondary N) is 1. The summed E-state index contributed by atoms with van der Waals surface area (Å²) in [5.41, 5.74) is 5.05. The molecule has 0 fully saturated rings. The molecular formula is C18H18N4O3. The van der Waals surface area contributed by atoms with Crippen LogP contribution in [0, 0.1) is 0 Å². The summed E-state index contributed by atoms with van der Waals surface area (Å²) in [4.78, 5) is 16.3. The zero-order valence-corrected chi connectivity index (χ0v) is 14.0. The van der Waals surface area contributed by atoms with Crippen molar-refractivity contribution in [1.29, 1.82) is 0 Å². The first-order valence-electron chi connectivity index (χ1n) is 7.65. The Morgan fingerprint density at radius 3 is 2.80 bits per heavy atom. The Labute approximate surface area is 144 Å². The Bertz CT molecular complexity index is 918. The number of hydrogen-bond acceptors (Lipinski definition) is 5. The van der Waals surface area contributed by atoms with Gasteiger partial charge in [-0.05, 0) is 35.9 Å². The lowest BCUT2D eigenvalue weighted by Gasteiger charge is -2.07. The number of methoxy groups -OCH3 is 2. The van der Waals surface area contributed by atoms with Crippen LogP contribution in [0.1, 0.15) is 5.56 Å². The van der Waals surface area contributed by atoms with Crippen molar-refractivity contribution < 1.29 is 14.3 Å². The molecule has 7 heteroatoms. The first-order chi connectivity index (χ1) is 12.2. The molecule has 0 aliphatic carbocycles. The third-order valence-corrected chi connectivity index (χ3v) is 3.65. The molecule has 3 rings (SSSR count). The van der Waals surface area contributed by atoms with Crippen LogP contribution in [0.15, 0.2) is 53.9 Å². The van der Waals surface area contributed by atoms with Crippen molar-refractivity contribution in [3.63, 3.8) is 0 Å². The molecule has 0 radical (unpaired) electrons. The van der Waals surface area contributed by atoms with Crippen molar-refractivity contribution in [2.75, 3.05) is 14.2 Å². The van der Waals surface area contributed by atoms with Gasteiger partial charge in [0.2, 0.25) is 0 Å². The largest absolute Gasteiger partial charge is 0.493 e. The van der Waals surface area contributed by atoms with Gasteiger partial charge < -0.3 is 14.0 Å². The van der Waals surface area contributed by atoms with Crippen molar-refractivity contribution in [1.82, 2.24) is 15.0 Å². The van der Waals surface area contributed by atoms with Crippen LogP contribution in [0.3, 0.4) is 0 Å². The zero-order chi connectivity index (χ0) is 17.6. The van der Waals surface area contributed by atoms with E-state index in [0.29, 0.717) is 11.5 Å². The lowest BCUT2D eigenvalue weighted by molar-refractivity contribution is -0.121. The highest BCUT2D eigenvalue weighted by Crippen LogP contribution is 2.26. The van der Waals surface area contributed by atoms with Gasteiger partial charge in [-0.25, -0.2) is 10.4 Å². The number of imidazole rings is 1. The Morgan fingerprint density at radius 2 is 2.00 bits per heavy atom. The maximum atomic E-state index is 12.0. The van der Waals surface area contributed by atoms with E-state index in [1.54, 1.807) is 43.5 Å². The lowest BCUT2D eigenvalue weighted by Crippen LogP contribution is -2.22. The third kappa shape index (κ3) is 3.77. The Hall–Kier alpha value is -3.35. The van der Waals surface area contributed by atoms with E-state index in [9.17, 15) is 4.79 Å². The number of carbonyl (C=O) groups excluding carboxylic acids is 1. The van der Waals surface area contributed by atoms with E-state index < -0.39 is 0 Å². The van der Waals surface area contributed by atoms with Crippen LogP contribution in [0.4, 0.5) is 0 Å². The van der Waals surface area contributed by atoms with Crippen LogP contribution in [0.25, 0.3) is 11.0 Å². The number of benzene rings is 2. The van der Waals surface area contributed by atoms with Gasteiger partial charge in [-0.2, -0.15) is 5.10 Å². The van der Waals surface area contributed by atoms with Crippen molar-refractivity contribution in [2.24, 2.45) is 5.10 Å². The monoisotopic (exact) mass is 338 g/mol. The van der Waals surface area contributed by atoms with Crippen LogP contribution >= 0.6 is 0 Å². The number of nitrogens with zero attached hydrogens (tertiary/aromatic N) is 3. The molecule has 1 N–H and O–H groups in total. The van der Waals surface area contributed by atoms with Crippen molar-refractivity contribution in [3.8, 4) is 11.5 Å². The number of carbonyl (C=O) groups is 1. The molecule has 7 nitrogen and oxygen atoms in total. The number of rotatable bonds is 6. The van der Waals surface area contributed by atoms with E-state index in [1.807, 2.05) is 30.3 Å². The van der Waals surface area contributed by atoms with E-state index in [0.717, 1.165) is 16.6 Å². The van der Waals surface area contributed by atoms with Gasteiger partial charge in [0.15, 0.2) is 11.5 Å². The quantitative estimate of drug-likeness (QED) is 0.552. The van der Waals surface area contributed by atoms with Crippen molar-refractivity contribution in [2.45, 2.75) is 6.54 Å². The average Bonchev–Trinajstić information content (AvgIpc) is 3.04. The topological polar surface area (TPSA) is 77.7 Å². The SMILES string of the molecule is COc1ccc(/C=N/NC(=O)Cn2cnc3ccccc32)cc1OC. The van der Waals surface area contributed by atoms with Crippen LogP contribution in [0.2, 0.25) is 0 Å². The summed E-state index contributed by atoms with van der Waals surface area (Å²) in [5.74, 6) is 0.998. The number of hydrogen-bond donors (Lipinski definition) is 1. The molecule has 0 aliphatic rings. The first-order valence-corrected chi connectivity index (χ1v) is 7.65. The minimum atomic E-state index is -0.236. The molecule has 1 aromatic heterocycles. The standard InChI is InChI=1S/C18H18N4O3/c1-24-16-8-7-13(9-17(16)25-2)10-20-21-18(23)11-22-12-19-14-5-3-4-6-15(14)22/h3-10,12H,11H2,1-2H3,(H,21,23)/b20-10+. The highest BCUT2D eigenvalue weighted by atomic mass is 16.5. The minimum Gasteiger partial charge on any atom is -0.493 e. The highest BCUT2D eigenvalue weighted by molar-refractivity contribution is 5.84. The molecule has 0 bridgehead atoms.